The van der Waals surface area contributed by atoms with Crippen molar-refractivity contribution in [1.82, 2.24) is 0 Å². The Balaban J connectivity index is 3.36. The summed E-state index contributed by atoms with van der Waals surface area (Å²) in [6, 6.07) is -0.274. The van der Waals surface area contributed by atoms with Crippen LogP contribution in [0.1, 0.15) is 24.9 Å². The molecule has 0 heterocycles. The highest BCUT2D eigenvalue weighted by molar-refractivity contribution is 6.30. The molecule has 0 spiro atoms. The van der Waals surface area contributed by atoms with Crippen molar-refractivity contribution in [1.29, 1.82) is 0 Å². The zero-order chi connectivity index (χ0) is 10.9. The maximum atomic E-state index is 13.3. The fourth-order valence-electron chi connectivity index (χ4n) is 1.12. The number of halogens is 4. The third-order valence-corrected chi connectivity index (χ3v) is 2.31. The van der Waals surface area contributed by atoms with Crippen LogP contribution in [0.4, 0.5) is 13.2 Å². The summed E-state index contributed by atoms with van der Waals surface area (Å²) < 4.78 is 39.1. The molecule has 1 atom stereocenters. The van der Waals surface area contributed by atoms with Gasteiger partial charge in [0.15, 0.2) is 5.82 Å². The normalized spacial score (nSPS) is 13.0. The summed E-state index contributed by atoms with van der Waals surface area (Å²) in [7, 11) is 0. The Labute approximate surface area is 84.7 Å². The van der Waals surface area contributed by atoms with Crippen molar-refractivity contribution in [3.63, 3.8) is 0 Å². The molecular formula is C9H9ClF3N. The van der Waals surface area contributed by atoms with Gasteiger partial charge in [-0.15, -0.1) is 0 Å². The van der Waals surface area contributed by atoms with E-state index in [1.807, 2.05) is 0 Å². The van der Waals surface area contributed by atoms with Gasteiger partial charge in [0.1, 0.15) is 16.7 Å². The van der Waals surface area contributed by atoms with Crippen molar-refractivity contribution >= 4 is 11.6 Å². The largest absolute Gasteiger partial charge is 0.324 e. The fraction of sp³-hybridized carbons (Fsp3) is 0.333. The third kappa shape index (κ3) is 1.86. The van der Waals surface area contributed by atoms with Gasteiger partial charge in [-0.2, -0.15) is 0 Å². The van der Waals surface area contributed by atoms with Crippen molar-refractivity contribution in [2.24, 2.45) is 5.73 Å². The van der Waals surface area contributed by atoms with Gasteiger partial charge in [-0.05, 0) is 6.42 Å². The zero-order valence-corrected chi connectivity index (χ0v) is 8.21. The van der Waals surface area contributed by atoms with Crippen molar-refractivity contribution in [2.45, 2.75) is 19.4 Å². The SMILES string of the molecule is CCC(N)c1c(F)cc(F)c(Cl)c1F. The molecule has 0 aliphatic heterocycles. The fourth-order valence-corrected chi connectivity index (χ4v) is 1.28. The highest BCUT2D eigenvalue weighted by Gasteiger charge is 2.21. The van der Waals surface area contributed by atoms with Gasteiger partial charge >= 0.3 is 0 Å². The molecule has 2 N–H and O–H groups in total. The van der Waals surface area contributed by atoms with Gasteiger partial charge in [0.2, 0.25) is 0 Å². The number of hydrogen-bond acceptors (Lipinski definition) is 1. The van der Waals surface area contributed by atoms with Gasteiger partial charge in [0, 0.05) is 17.7 Å². The Morgan fingerprint density at radius 2 is 1.93 bits per heavy atom. The third-order valence-electron chi connectivity index (χ3n) is 1.96. The maximum absolute atomic E-state index is 13.3. The van der Waals surface area contributed by atoms with E-state index >= 15 is 0 Å². The van der Waals surface area contributed by atoms with Crippen molar-refractivity contribution in [3.8, 4) is 0 Å². The van der Waals surface area contributed by atoms with E-state index in [1.54, 1.807) is 6.92 Å². The van der Waals surface area contributed by atoms with Crippen LogP contribution >= 0.6 is 11.6 Å². The molecule has 0 aliphatic carbocycles. The molecule has 1 aromatic rings. The lowest BCUT2D eigenvalue weighted by Gasteiger charge is -2.12. The van der Waals surface area contributed by atoms with Crippen molar-refractivity contribution < 1.29 is 13.2 Å². The van der Waals surface area contributed by atoms with Crippen LogP contribution in [0.5, 0.6) is 0 Å². The molecule has 1 rings (SSSR count). The second-order valence-electron chi connectivity index (χ2n) is 2.90. The van der Waals surface area contributed by atoms with Crippen LogP contribution in [-0.4, -0.2) is 0 Å². The van der Waals surface area contributed by atoms with Gasteiger partial charge in [-0.3, -0.25) is 0 Å². The van der Waals surface area contributed by atoms with Crippen LogP contribution in [0.15, 0.2) is 6.07 Å². The standard InChI is InChI=1S/C9H9ClF3N/c1-2-6(14)7-4(11)3-5(12)8(10)9(7)13/h3,6H,2,14H2,1H3. The van der Waals surface area contributed by atoms with E-state index in [9.17, 15) is 13.2 Å². The lowest BCUT2D eigenvalue weighted by atomic mass is 10.0. The van der Waals surface area contributed by atoms with E-state index in [4.69, 9.17) is 17.3 Å². The molecule has 0 bridgehead atoms. The molecule has 1 nitrogen and oxygen atoms in total. The van der Waals surface area contributed by atoms with Crippen LogP contribution in [0.3, 0.4) is 0 Å². The first-order valence-corrected chi connectivity index (χ1v) is 4.45. The lowest BCUT2D eigenvalue weighted by molar-refractivity contribution is 0.499. The summed E-state index contributed by atoms with van der Waals surface area (Å²) in [5, 5.41) is -0.717. The second-order valence-corrected chi connectivity index (χ2v) is 3.27. The minimum atomic E-state index is -1.12. The number of benzene rings is 1. The highest BCUT2D eigenvalue weighted by atomic mass is 35.5. The Morgan fingerprint density at radius 1 is 1.36 bits per heavy atom. The Morgan fingerprint density at radius 3 is 2.43 bits per heavy atom. The smallest absolute Gasteiger partial charge is 0.152 e. The minimum Gasteiger partial charge on any atom is -0.324 e. The molecule has 78 valence electrons. The Kier molecular flexibility index (Phi) is 3.39. The number of hydrogen-bond donors (Lipinski definition) is 1. The zero-order valence-electron chi connectivity index (χ0n) is 7.45. The summed E-state index contributed by atoms with van der Waals surface area (Å²) in [6.45, 7) is 1.67. The molecule has 14 heavy (non-hydrogen) atoms. The summed E-state index contributed by atoms with van der Waals surface area (Å²) in [4.78, 5) is 0. The van der Waals surface area contributed by atoms with E-state index < -0.39 is 28.5 Å². The predicted molar refractivity (Wildman–Crippen MR) is 48.5 cm³/mol. The molecule has 0 aliphatic rings. The first-order valence-electron chi connectivity index (χ1n) is 4.07. The van der Waals surface area contributed by atoms with E-state index in [2.05, 4.69) is 0 Å². The van der Waals surface area contributed by atoms with E-state index in [0.29, 0.717) is 12.5 Å². The Bertz CT molecular complexity index is 354. The molecule has 0 fully saturated rings. The molecular weight excluding hydrogens is 215 g/mol. The van der Waals surface area contributed by atoms with Crippen LogP contribution < -0.4 is 5.73 Å². The molecule has 0 saturated carbocycles. The number of nitrogens with two attached hydrogens (primary N) is 1. The first-order chi connectivity index (χ1) is 6.49. The van der Waals surface area contributed by atoms with E-state index in [0.717, 1.165) is 0 Å². The van der Waals surface area contributed by atoms with Crippen molar-refractivity contribution in [3.05, 3.63) is 34.1 Å². The summed E-state index contributed by atoms with van der Waals surface area (Å²) >= 11 is 5.28. The van der Waals surface area contributed by atoms with Crippen LogP contribution in [0.2, 0.25) is 5.02 Å². The van der Waals surface area contributed by atoms with Crippen molar-refractivity contribution in [2.75, 3.05) is 0 Å². The molecule has 5 heteroatoms. The molecule has 0 saturated heterocycles. The summed E-state index contributed by atoms with van der Waals surface area (Å²) in [5.41, 5.74) is 5.09. The van der Waals surface area contributed by atoms with Crippen LogP contribution in [-0.2, 0) is 0 Å². The number of rotatable bonds is 2. The minimum absolute atomic E-state index is 0.343. The van der Waals surface area contributed by atoms with Gasteiger partial charge in [0.05, 0.1) is 0 Å². The predicted octanol–water partition coefficient (Wildman–Crippen LogP) is 3.17. The monoisotopic (exact) mass is 223 g/mol. The summed E-state index contributed by atoms with van der Waals surface area (Å²) in [5.74, 6) is -3.23. The Hall–Kier alpha value is -0.740. The highest BCUT2D eigenvalue weighted by Crippen LogP contribution is 2.28. The van der Waals surface area contributed by atoms with Crippen LogP contribution in [0, 0.1) is 17.5 Å². The quantitative estimate of drug-likeness (QED) is 0.605. The summed E-state index contributed by atoms with van der Waals surface area (Å²) in [6.07, 6.45) is 0.343. The molecule has 0 amide bonds. The lowest BCUT2D eigenvalue weighted by Crippen LogP contribution is -2.14. The molecule has 1 aromatic carbocycles. The van der Waals surface area contributed by atoms with E-state index in [1.165, 1.54) is 0 Å². The molecule has 1 unspecified atom stereocenters. The first kappa shape index (κ1) is 11.3. The van der Waals surface area contributed by atoms with Gasteiger partial charge in [-0.25, -0.2) is 13.2 Å². The topological polar surface area (TPSA) is 26.0 Å². The average molecular weight is 224 g/mol. The maximum Gasteiger partial charge on any atom is 0.152 e. The molecule has 0 radical (unpaired) electrons. The van der Waals surface area contributed by atoms with Gasteiger partial charge in [0.25, 0.3) is 0 Å². The average Bonchev–Trinajstić information content (AvgIpc) is 2.14. The van der Waals surface area contributed by atoms with Gasteiger partial charge < -0.3 is 5.73 Å². The van der Waals surface area contributed by atoms with Crippen LogP contribution in [0.25, 0.3) is 0 Å². The van der Waals surface area contributed by atoms with E-state index in [-0.39, 0.29) is 5.56 Å². The second kappa shape index (κ2) is 4.19. The van der Waals surface area contributed by atoms with Gasteiger partial charge in [-0.1, -0.05) is 18.5 Å². The molecule has 0 aromatic heterocycles.